The Bertz CT molecular complexity index is 438. The van der Waals surface area contributed by atoms with Gasteiger partial charge in [-0.3, -0.25) is 4.79 Å². The van der Waals surface area contributed by atoms with Gasteiger partial charge in [0.1, 0.15) is 0 Å². The topological polar surface area (TPSA) is 40.5 Å². The first-order valence-corrected chi connectivity index (χ1v) is 7.09. The van der Waals surface area contributed by atoms with Gasteiger partial charge in [-0.25, -0.2) is 0 Å². The lowest BCUT2D eigenvalue weighted by Gasteiger charge is -2.23. The van der Waals surface area contributed by atoms with Crippen LogP contribution in [0, 0.1) is 6.92 Å². The Balaban J connectivity index is 1.98. The van der Waals surface area contributed by atoms with Crippen molar-refractivity contribution in [1.82, 2.24) is 4.90 Å². The molecule has 0 heterocycles. The molecule has 0 saturated heterocycles. The summed E-state index contributed by atoms with van der Waals surface area (Å²) in [6.45, 7) is 4.50. The van der Waals surface area contributed by atoms with Crippen LogP contribution in [0.15, 0.2) is 24.3 Å². The van der Waals surface area contributed by atoms with Gasteiger partial charge in [-0.05, 0) is 38.7 Å². The van der Waals surface area contributed by atoms with E-state index < -0.39 is 6.10 Å². The van der Waals surface area contributed by atoms with Gasteiger partial charge in [-0.15, -0.1) is 0 Å². The standard InChI is InChI=1S/C16H23NO2/c1-12-4-3-5-14(10-12)11-17(15-7-8-15)16(19)9-6-13(2)18/h3-5,10,13,15,18H,6-9,11H2,1-2H3. The largest absolute Gasteiger partial charge is 0.393 e. The number of carbonyl (C=O) groups excluding carboxylic acids is 1. The lowest BCUT2D eigenvalue weighted by Crippen LogP contribution is -2.32. The normalized spacial score (nSPS) is 16.2. The van der Waals surface area contributed by atoms with E-state index in [1.165, 1.54) is 11.1 Å². The molecule has 1 aliphatic carbocycles. The minimum Gasteiger partial charge on any atom is -0.393 e. The second-order valence-corrected chi connectivity index (χ2v) is 5.63. The molecule has 0 bridgehead atoms. The number of hydrogen-bond acceptors (Lipinski definition) is 2. The van der Waals surface area contributed by atoms with Crippen LogP contribution in [0.25, 0.3) is 0 Å². The van der Waals surface area contributed by atoms with Gasteiger partial charge in [-0.2, -0.15) is 0 Å². The van der Waals surface area contributed by atoms with E-state index in [1.54, 1.807) is 6.92 Å². The molecular weight excluding hydrogens is 238 g/mol. The van der Waals surface area contributed by atoms with Gasteiger partial charge in [0.25, 0.3) is 0 Å². The predicted molar refractivity (Wildman–Crippen MR) is 75.7 cm³/mol. The molecule has 1 saturated carbocycles. The van der Waals surface area contributed by atoms with E-state index >= 15 is 0 Å². The van der Waals surface area contributed by atoms with Crippen molar-refractivity contribution in [3.63, 3.8) is 0 Å². The Hall–Kier alpha value is -1.35. The Morgan fingerprint density at radius 1 is 1.47 bits per heavy atom. The molecule has 3 nitrogen and oxygen atoms in total. The third-order valence-electron chi connectivity index (χ3n) is 3.52. The molecule has 2 rings (SSSR count). The van der Waals surface area contributed by atoms with Crippen LogP contribution in [-0.4, -0.2) is 28.1 Å². The Labute approximate surface area is 115 Å². The van der Waals surface area contributed by atoms with Crippen molar-refractivity contribution in [2.24, 2.45) is 0 Å². The highest BCUT2D eigenvalue weighted by Gasteiger charge is 2.32. The summed E-state index contributed by atoms with van der Waals surface area (Å²) >= 11 is 0. The van der Waals surface area contributed by atoms with Crippen molar-refractivity contribution in [3.8, 4) is 0 Å². The summed E-state index contributed by atoms with van der Waals surface area (Å²) in [6, 6.07) is 8.74. The molecule has 0 radical (unpaired) electrons. The summed E-state index contributed by atoms with van der Waals surface area (Å²) in [5.74, 6) is 0.171. The zero-order valence-corrected chi connectivity index (χ0v) is 11.8. The molecule has 1 aliphatic rings. The molecule has 1 aromatic carbocycles. The molecule has 1 N–H and O–H groups in total. The minimum absolute atomic E-state index is 0.171. The van der Waals surface area contributed by atoms with Crippen LogP contribution in [0.1, 0.15) is 43.7 Å². The summed E-state index contributed by atoms with van der Waals surface area (Å²) in [5, 5.41) is 9.29. The fraction of sp³-hybridized carbons (Fsp3) is 0.562. The molecule has 1 atom stereocenters. The van der Waals surface area contributed by atoms with Crippen LogP contribution < -0.4 is 0 Å². The van der Waals surface area contributed by atoms with Gasteiger partial charge in [0.05, 0.1) is 6.10 Å². The van der Waals surface area contributed by atoms with Crippen LogP contribution in [0.4, 0.5) is 0 Å². The van der Waals surface area contributed by atoms with E-state index in [1.807, 2.05) is 11.0 Å². The van der Waals surface area contributed by atoms with Crippen LogP contribution in [0.2, 0.25) is 0 Å². The second kappa shape index (κ2) is 6.20. The van der Waals surface area contributed by atoms with Crippen molar-refractivity contribution in [3.05, 3.63) is 35.4 Å². The fourth-order valence-corrected chi connectivity index (χ4v) is 2.29. The van der Waals surface area contributed by atoms with E-state index in [2.05, 4.69) is 25.1 Å². The fourth-order valence-electron chi connectivity index (χ4n) is 2.29. The maximum atomic E-state index is 12.2. The predicted octanol–water partition coefficient (Wildman–Crippen LogP) is 2.65. The number of nitrogens with zero attached hydrogens (tertiary/aromatic N) is 1. The van der Waals surface area contributed by atoms with E-state index in [4.69, 9.17) is 0 Å². The zero-order valence-electron chi connectivity index (χ0n) is 11.8. The van der Waals surface area contributed by atoms with Gasteiger partial charge in [0.15, 0.2) is 0 Å². The van der Waals surface area contributed by atoms with Gasteiger partial charge >= 0.3 is 0 Å². The highest BCUT2D eigenvalue weighted by Crippen LogP contribution is 2.29. The van der Waals surface area contributed by atoms with Crippen molar-refractivity contribution >= 4 is 5.91 Å². The van der Waals surface area contributed by atoms with Crippen LogP contribution >= 0.6 is 0 Å². The maximum Gasteiger partial charge on any atom is 0.223 e. The van der Waals surface area contributed by atoms with E-state index in [9.17, 15) is 9.90 Å². The Kier molecular flexibility index (Phi) is 4.59. The Morgan fingerprint density at radius 2 is 2.21 bits per heavy atom. The maximum absolute atomic E-state index is 12.2. The highest BCUT2D eigenvalue weighted by atomic mass is 16.3. The summed E-state index contributed by atoms with van der Waals surface area (Å²) < 4.78 is 0. The lowest BCUT2D eigenvalue weighted by atomic mass is 10.1. The molecule has 3 heteroatoms. The van der Waals surface area contributed by atoms with Gasteiger partial charge in [0, 0.05) is 19.0 Å². The number of hydrogen-bond donors (Lipinski definition) is 1. The van der Waals surface area contributed by atoms with Crippen molar-refractivity contribution in [2.75, 3.05) is 0 Å². The monoisotopic (exact) mass is 261 g/mol. The van der Waals surface area contributed by atoms with Gasteiger partial charge in [0.2, 0.25) is 5.91 Å². The Morgan fingerprint density at radius 3 is 2.79 bits per heavy atom. The van der Waals surface area contributed by atoms with Crippen molar-refractivity contribution < 1.29 is 9.90 Å². The van der Waals surface area contributed by atoms with E-state index in [0.717, 1.165) is 12.8 Å². The van der Waals surface area contributed by atoms with Crippen LogP contribution in [-0.2, 0) is 11.3 Å². The summed E-state index contributed by atoms with van der Waals surface area (Å²) in [7, 11) is 0. The third-order valence-corrected chi connectivity index (χ3v) is 3.52. The molecule has 1 aromatic rings. The number of aryl methyl sites for hydroxylation is 1. The van der Waals surface area contributed by atoms with Gasteiger partial charge < -0.3 is 10.0 Å². The molecule has 104 valence electrons. The molecule has 1 fully saturated rings. The molecule has 19 heavy (non-hydrogen) atoms. The number of carbonyl (C=O) groups is 1. The molecular formula is C16H23NO2. The number of rotatable bonds is 6. The van der Waals surface area contributed by atoms with E-state index in [-0.39, 0.29) is 5.91 Å². The van der Waals surface area contributed by atoms with Crippen LogP contribution in [0.5, 0.6) is 0 Å². The first-order chi connectivity index (χ1) is 9.06. The molecule has 0 aliphatic heterocycles. The molecule has 0 aromatic heterocycles. The number of aliphatic hydroxyl groups excluding tert-OH is 1. The second-order valence-electron chi connectivity index (χ2n) is 5.63. The molecule has 0 spiro atoms. The molecule has 1 unspecified atom stereocenters. The number of aliphatic hydroxyl groups is 1. The summed E-state index contributed by atoms with van der Waals surface area (Å²) in [6.07, 6.45) is 2.83. The van der Waals surface area contributed by atoms with Crippen molar-refractivity contribution in [1.29, 1.82) is 0 Å². The quantitative estimate of drug-likeness (QED) is 0.855. The van der Waals surface area contributed by atoms with Crippen molar-refractivity contribution in [2.45, 2.75) is 58.2 Å². The third kappa shape index (κ3) is 4.35. The lowest BCUT2D eigenvalue weighted by molar-refractivity contribution is -0.133. The van der Waals surface area contributed by atoms with E-state index in [0.29, 0.717) is 25.4 Å². The number of amides is 1. The first kappa shape index (κ1) is 14.1. The average molecular weight is 261 g/mol. The molecule has 1 amide bonds. The minimum atomic E-state index is -0.399. The highest BCUT2D eigenvalue weighted by molar-refractivity contribution is 5.76. The van der Waals surface area contributed by atoms with Gasteiger partial charge in [-0.1, -0.05) is 29.8 Å². The first-order valence-electron chi connectivity index (χ1n) is 7.09. The summed E-state index contributed by atoms with van der Waals surface area (Å²) in [4.78, 5) is 14.2. The van der Waals surface area contributed by atoms with Crippen LogP contribution in [0.3, 0.4) is 0 Å². The smallest absolute Gasteiger partial charge is 0.223 e. The summed E-state index contributed by atoms with van der Waals surface area (Å²) in [5.41, 5.74) is 2.42. The average Bonchev–Trinajstić information content (AvgIpc) is 3.17. The zero-order chi connectivity index (χ0) is 13.8. The number of benzene rings is 1. The SMILES string of the molecule is Cc1cccc(CN(C(=O)CCC(C)O)C2CC2)c1.